The normalized spacial score (nSPS) is 35.1. The summed E-state index contributed by atoms with van der Waals surface area (Å²) in [6.07, 6.45) is 2.94. The molecule has 0 aromatic carbocycles. The van der Waals surface area contributed by atoms with Gasteiger partial charge in [0.05, 0.1) is 12.0 Å². The van der Waals surface area contributed by atoms with Crippen molar-refractivity contribution in [3.05, 3.63) is 11.0 Å². The Hall–Kier alpha value is -0.440. The summed E-state index contributed by atoms with van der Waals surface area (Å²) in [6.45, 7) is 8.57. The third-order valence-electron chi connectivity index (χ3n) is 3.69. The first kappa shape index (κ1) is 12.6. The number of esters is 1. The van der Waals surface area contributed by atoms with E-state index in [1.165, 1.54) is 5.57 Å². The van der Waals surface area contributed by atoms with Crippen molar-refractivity contribution in [3.63, 3.8) is 0 Å². The van der Waals surface area contributed by atoms with Crippen LogP contribution in [0.15, 0.2) is 11.0 Å². The minimum Gasteiger partial charge on any atom is -0.466 e. The van der Waals surface area contributed by atoms with Gasteiger partial charge in [0.25, 0.3) is 0 Å². The molecule has 0 N–H and O–H groups in total. The van der Waals surface area contributed by atoms with E-state index in [1.54, 1.807) is 11.8 Å². The maximum Gasteiger partial charge on any atom is 0.312 e. The van der Waals surface area contributed by atoms with Crippen LogP contribution in [0.4, 0.5) is 0 Å². The van der Waals surface area contributed by atoms with E-state index < -0.39 is 0 Å². The second-order valence-corrected chi connectivity index (χ2v) is 5.31. The van der Waals surface area contributed by atoms with Crippen LogP contribution in [-0.4, -0.2) is 18.8 Å². The quantitative estimate of drug-likeness (QED) is 0.691. The molecule has 0 unspecified atom stereocenters. The van der Waals surface area contributed by atoms with Crippen LogP contribution in [0.3, 0.4) is 0 Å². The minimum absolute atomic E-state index is 0.00225. The first-order valence-corrected chi connectivity index (χ1v) is 6.58. The van der Waals surface area contributed by atoms with Crippen molar-refractivity contribution in [1.82, 2.24) is 0 Å². The van der Waals surface area contributed by atoms with E-state index in [1.807, 2.05) is 20.1 Å². The Balaban J connectivity index is 2.78. The van der Waals surface area contributed by atoms with Crippen LogP contribution in [-0.2, 0) is 9.53 Å². The zero-order valence-electron chi connectivity index (χ0n) is 10.2. The molecule has 0 aromatic rings. The second-order valence-electron chi connectivity index (χ2n) is 4.60. The Bertz CT molecular complexity index is 298. The summed E-state index contributed by atoms with van der Waals surface area (Å²) >= 11 is 1.69. The first-order valence-electron chi connectivity index (χ1n) is 5.29. The number of hydrogen-bond donors (Lipinski definition) is 0. The highest BCUT2D eigenvalue weighted by Crippen LogP contribution is 2.68. The Kier molecular flexibility index (Phi) is 3.54. The summed E-state index contributed by atoms with van der Waals surface area (Å²) in [5.74, 6) is -0.0543. The summed E-state index contributed by atoms with van der Waals surface area (Å²) in [5.41, 5.74) is 0.979. The average molecular weight is 228 g/mol. The molecule has 0 aromatic heterocycles. The maximum atomic E-state index is 11.8. The van der Waals surface area contributed by atoms with Crippen molar-refractivity contribution >= 4 is 17.7 Å². The second kappa shape index (κ2) is 4.20. The molecule has 2 atom stereocenters. The van der Waals surface area contributed by atoms with Crippen LogP contribution in [0.1, 0.15) is 34.1 Å². The van der Waals surface area contributed by atoms with Gasteiger partial charge in [-0.05, 0) is 38.9 Å². The van der Waals surface area contributed by atoms with Crippen molar-refractivity contribution < 1.29 is 9.53 Å². The molecular formula is C12H20O2S. The topological polar surface area (TPSA) is 26.3 Å². The summed E-state index contributed by atoms with van der Waals surface area (Å²) in [7, 11) is 0. The highest BCUT2D eigenvalue weighted by atomic mass is 32.2. The number of carbonyl (C=O) groups excluding carboxylic acids is 1. The van der Waals surface area contributed by atoms with Gasteiger partial charge in [-0.3, -0.25) is 4.79 Å². The molecule has 1 fully saturated rings. The van der Waals surface area contributed by atoms with Gasteiger partial charge in [-0.2, -0.15) is 0 Å². The molecule has 0 radical (unpaired) electrons. The predicted octanol–water partition coefficient (Wildman–Crippen LogP) is 3.23. The monoisotopic (exact) mass is 228 g/mol. The average Bonchev–Trinajstić information content (AvgIpc) is 2.74. The molecule has 0 amide bonds. The molecule has 2 nitrogen and oxygen atoms in total. The van der Waals surface area contributed by atoms with E-state index in [2.05, 4.69) is 19.3 Å². The lowest BCUT2D eigenvalue weighted by molar-refractivity contribution is -0.150. The summed E-state index contributed by atoms with van der Waals surface area (Å²) in [4.78, 5) is 11.8. The van der Waals surface area contributed by atoms with Crippen molar-refractivity contribution in [2.24, 2.45) is 10.8 Å². The van der Waals surface area contributed by atoms with Gasteiger partial charge in [0, 0.05) is 5.41 Å². The molecule has 86 valence electrons. The number of hydrogen-bond acceptors (Lipinski definition) is 3. The van der Waals surface area contributed by atoms with Crippen molar-refractivity contribution in [1.29, 1.82) is 0 Å². The Morgan fingerprint density at radius 1 is 1.47 bits per heavy atom. The van der Waals surface area contributed by atoms with E-state index >= 15 is 0 Å². The van der Waals surface area contributed by atoms with Crippen molar-refractivity contribution in [2.45, 2.75) is 34.1 Å². The third-order valence-corrected chi connectivity index (χ3v) is 4.28. The summed E-state index contributed by atoms with van der Waals surface area (Å²) in [5, 5.41) is 2.13. The lowest BCUT2D eigenvalue weighted by atomic mass is 9.90. The molecule has 1 saturated carbocycles. The van der Waals surface area contributed by atoms with E-state index in [9.17, 15) is 4.79 Å². The number of thioether (sulfide) groups is 1. The fourth-order valence-corrected chi connectivity index (χ4v) is 2.75. The van der Waals surface area contributed by atoms with E-state index in [4.69, 9.17) is 4.74 Å². The Labute approximate surface area is 96.5 Å². The largest absolute Gasteiger partial charge is 0.466 e. The van der Waals surface area contributed by atoms with E-state index in [0.29, 0.717) is 6.61 Å². The van der Waals surface area contributed by atoms with E-state index in [-0.39, 0.29) is 16.8 Å². The maximum absolute atomic E-state index is 11.8. The molecule has 0 heterocycles. The van der Waals surface area contributed by atoms with Crippen LogP contribution >= 0.6 is 11.8 Å². The standard InChI is InChI=1S/C12H20O2S/c1-6-14-10(13)12(4)8-11(12,3)9(2)7-15-5/h7H,6,8H2,1-5H3/b9-7-/t11-,12-/m0/s1. The Morgan fingerprint density at radius 2 is 2.07 bits per heavy atom. The molecular weight excluding hydrogens is 208 g/mol. The van der Waals surface area contributed by atoms with Crippen molar-refractivity contribution in [3.8, 4) is 0 Å². The van der Waals surface area contributed by atoms with Gasteiger partial charge >= 0.3 is 5.97 Å². The Morgan fingerprint density at radius 3 is 2.53 bits per heavy atom. The fraction of sp³-hybridized carbons (Fsp3) is 0.750. The van der Waals surface area contributed by atoms with Gasteiger partial charge in [0.1, 0.15) is 0 Å². The van der Waals surface area contributed by atoms with Gasteiger partial charge in [-0.1, -0.05) is 12.5 Å². The predicted molar refractivity (Wildman–Crippen MR) is 64.7 cm³/mol. The molecule has 1 rings (SSSR count). The van der Waals surface area contributed by atoms with Crippen LogP contribution < -0.4 is 0 Å². The number of ether oxygens (including phenoxy) is 1. The molecule has 3 heteroatoms. The molecule has 0 spiro atoms. The molecule has 1 aliphatic rings. The highest BCUT2D eigenvalue weighted by Gasteiger charge is 2.67. The number of allylic oxidation sites excluding steroid dienone is 1. The molecule has 0 aliphatic heterocycles. The molecule has 15 heavy (non-hydrogen) atoms. The molecule has 1 aliphatic carbocycles. The van der Waals surface area contributed by atoms with Crippen LogP contribution in [0.5, 0.6) is 0 Å². The zero-order chi connectivity index (χ0) is 11.7. The first-order chi connectivity index (χ1) is 6.92. The number of carbonyl (C=O) groups is 1. The fourth-order valence-electron chi connectivity index (χ4n) is 2.13. The van der Waals surface area contributed by atoms with Gasteiger partial charge in [-0.15, -0.1) is 11.8 Å². The lowest BCUT2D eigenvalue weighted by Gasteiger charge is -2.18. The summed E-state index contributed by atoms with van der Waals surface area (Å²) < 4.78 is 5.12. The van der Waals surface area contributed by atoms with Crippen LogP contribution in [0.2, 0.25) is 0 Å². The van der Waals surface area contributed by atoms with Gasteiger partial charge in [-0.25, -0.2) is 0 Å². The SMILES string of the molecule is CCOC(=O)[C@]1(C)C[C@@]1(C)/C(C)=C\SC. The van der Waals surface area contributed by atoms with Crippen LogP contribution in [0, 0.1) is 10.8 Å². The van der Waals surface area contributed by atoms with Crippen LogP contribution in [0.25, 0.3) is 0 Å². The lowest BCUT2D eigenvalue weighted by Crippen LogP contribution is -2.22. The van der Waals surface area contributed by atoms with Gasteiger partial charge < -0.3 is 4.74 Å². The highest BCUT2D eigenvalue weighted by molar-refractivity contribution is 8.01. The summed E-state index contributed by atoms with van der Waals surface area (Å²) in [6, 6.07) is 0. The van der Waals surface area contributed by atoms with Gasteiger partial charge in [0.15, 0.2) is 0 Å². The minimum atomic E-state index is -0.306. The molecule has 0 bridgehead atoms. The zero-order valence-corrected chi connectivity index (χ0v) is 11.0. The molecule has 0 saturated heterocycles. The number of rotatable bonds is 4. The van der Waals surface area contributed by atoms with E-state index in [0.717, 1.165) is 6.42 Å². The third kappa shape index (κ3) is 1.94. The van der Waals surface area contributed by atoms with Crippen molar-refractivity contribution in [2.75, 3.05) is 12.9 Å². The smallest absolute Gasteiger partial charge is 0.312 e. The van der Waals surface area contributed by atoms with Gasteiger partial charge in [0.2, 0.25) is 0 Å².